The Balaban J connectivity index is 2.34. The lowest BCUT2D eigenvalue weighted by atomic mass is 10.3. The Hall–Kier alpha value is -2.08. The van der Waals surface area contributed by atoms with Gasteiger partial charge in [-0.2, -0.15) is 0 Å². The second-order valence-electron chi connectivity index (χ2n) is 3.39. The van der Waals surface area contributed by atoms with Crippen LogP contribution in [-0.4, -0.2) is 9.97 Å². The Morgan fingerprint density at radius 3 is 2.67 bits per heavy atom. The van der Waals surface area contributed by atoms with Gasteiger partial charge in [-0.15, -0.1) is 0 Å². The van der Waals surface area contributed by atoms with E-state index >= 15 is 0 Å². The molecule has 0 radical (unpaired) electrons. The lowest BCUT2D eigenvalue weighted by Gasteiger charge is -2.09. The van der Waals surface area contributed by atoms with Gasteiger partial charge in [-0.1, -0.05) is 12.2 Å². The minimum absolute atomic E-state index is 0.0631. The van der Waals surface area contributed by atoms with Gasteiger partial charge in [0.25, 0.3) is 0 Å². The SMILES string of the molecule is NC(=S)c1ncccc1Oc1ccc(F)c(F)c1. The molecule has 0 aliphatic carbocycles. The summed E-state index contributed by atoms with van der Waals surface area (Å²) in [6.45, 7) is 0. The van der Waals surface area contributed by atoms with Crippen LogP contribution in [0.2, 0.25) is 0 Å². The molecule has 1 aromatic carbocycles. The fraction of sp³-hybridized carbons (Fsp3) is 0. The lowest BCUT2D eigenvalue weighted by molar-refractivity contribution is 0.459. The van der Waals surface area contributed by atoms with Gasteiger partial charge in [-0.3, -0.25) is 0 Å². The summed E-state index contributed by atoms with van der Waals surface area (Å²) in [6.07, 6.45) is 1.51. The second-order valence-corrected chi connectivity index (χ2v) is 3.83. The number of rotatable bonds is 3. The molecule has 2 aromatic rings. The first-order chi connectivity index (χ1) is 8.58. The maximum atomic E-state index is 13.0. The fourth-order valence-electron chi connectivity index (χ4n) is 1.33. The zero-order valence-electron chi connectivity index (χ0n) is 9.06. The van der Waals surface area contributed by atoms with Gasteiger partial charge in [-0.05, 0) is 24.3 Å². The molecule has 0 aliphatic rings. The Kier molecular flexibility index (Phi) is 3.47. The highest BCUT2D eigenvalue weighted by Crippen LogP contribution is 2.25. The third-order valence-corrected chi connectivity index (χ3v) is 2.32. The molecule has 1 heterocycles. The van der Waals surface area contributed by atoms with Crippen LogP contribution in [-0.2, 0) is 0 Å². The molecule has 6 heteroatoms. The Morgan fingerprint density at radius 2 is 2.00 bits per heavy atom. The number of hydrogen-bond donors (Lipinski definition) is 1. The molecule has 18 heavy (non-hydrogen) atoms. The topological polar surface area (TPSA) is 48.1 Å². The van der Waals surface area contributed by atoms with Crippen molar-refractivity contribution < 1.29 is 13.5 Å². The van der Waals surface area contributed by atoms with E-state index in [0.717, 1.165) is 12.1 Å². The first kappa shape index (κ1) is 12.4. The van der Waals surface area contributed by atoms with Crippen molar-refractivity contribution in [3.05, 3.63) is 53.9 Å². The minimum Gasteiger partial charge on any atom is -0.455 e. The Morgan fingerprint density at radius 1 is 1.22 bits per heavy atom. The largest absolute Gasteiger partial charge is 0.455 e. The summed E-state index contributed by atoms with van der Waals surface area (Å²) in [5.74, 6) is -1.51. The Labute approximate surface area is 107 Å². The number of pyridine rings is 1. The highest BCUT2D eigenvalue weighted by Gasteiger charge is 2.10. The summed E-state index contributed by atoms with van der Waals surface area (Å²) >= 11 is 4.81. The first-order valence-corrected chi connectivity index (χ1v) is 5.36. The van der Waals surface area contributed by atoms with Gasteiger partial charge < -0.3 is 10.5 Å². The van der Waals surface area contributed by atoms with E-state index in [2.05, 4.69) is 4.98 Å². The molecule has 0 atom stereocenters. The monoisotopic (exact) mass is 266 g/mol. The maximum absolute atomic E-state index is 13.0. The summed E-state index contributed by atoms with van der Waals surface area (Å²) in [7, 11) is 0. The summed E-state index contributed by atoms with van der Waals surface area (Å²) in [5.41, 5.74) is 5.77. The van der Waals surface area contributed by atoms with E-state index in [1.807, 2.05) is 0 Å². The normalized spacial score (nSPS) is 10.1. The zero-order valence-corrected chi connectivity index (χ0v) is 9.88. The molecule has 2 N–H and O–H groups in total. The number of benzene rings is 1. The van der Waals surface area contributed by atoms with Crippen molar-refractivity contribution in [2.24, 2.45) is 5.73 Å². The molecule has 2 rings (SSSR count). The van der Waals surface area contributed by atoms with Gasteiger partial charge >= 0.3 is 0 Å². The van der Waals surface area contributed by atoms with Crippen LogP contribution < -0.4 is 10.5 Å². The molecular weight excluding hydrogens is 258 g/mol. The number of thiocarbonyl (C=S) groups is 1. The molecule has 1 aromatic heterocycles. The average Bonchev–Trinajstić information content (AvgIpc) is 2.34. The number of halogens is 2. The van der Waals surface area contributed by atoms with Crippen LogP contribution >= 0.6 is 12.2 Å². The highest BCUT2D eigenvalue weighted by atomic mass is 32.1. The van der Waals surface area contributed by atoms with E-state index in [4.69, 9.17) is 22.7 Å². The van der Waals surface area contributed by atoms with E-state index in [9.17, 15) is 8.78 Å². The third kappa shape index (κ3) is 2.60. The van der Waals surface area contributed by atoms with E-state index in [0.29, 0.717) is 0 Å². The van der Waals surface area contributed by atoms with Crippen LogP contribution in [0, 0.1) is 11.6 Å². The Bertz CT molecular complexity index is 604. The number of nitrogens with two attached hydrogens (primary N) is 1. The molecule has 0 saturated heterocycles. The predicted octanol–water partition coefficient (Wildman–Crippen LogP) is 2.79. The second kappa shape index (κ2) is 5.05. The van der Waals surface area contributed by atoms with Gasteiger partial charge in [-0.25, -0.2) is 13.8 Å². The quantitative estimate of drug-likeness (QED) is 0.868. The van der Waals surface area contributed by atoms with Crippen LogP contribution in [0.25, 0.3) is 0 Å². The average molecular weight is 266 g/mol. The number of hydrogen-bond acceptors (Lipinski definition) is 3. The molecule has 92 valence electrons. The first-order valence-electron chi connectivity index (χ1n) is 4.95. The van der Waals surface area contributed by atoms with Gasteiger partial charge in [0.2, 0.25) is 0 Å². The molecule has 0 bridgehead atoms. The van der Waals surface area contributed by atoms with Crippen molar-refractivity contribution in [2.45, 2.75) is 0 Å². The van der Waals surface area contributed by atoms with Crippen molar-refractivity contribution in [3.8, 4) is 11.5 Å². The van der Waals surface area contributed by atoms with Gasteiger partial charge in [0, 0.05) is 12.3 Å². The molecule has 0 spiro atoms. The van der Waals surface area contributed by atoms with Crippen molar-refractivity contribution >= 4 is 17.2 Å². The number of aromatic nitrogens is 1. The van der Waals surface area contributed by atoms with Gasteiger partial charge in [0.05, 0.1) is 0 Å². The number of nitrogens with zero attached hydrogens (tertiary/aromatic N) is 1. The van der Waals surface area contributed by atoms with Crippen LogP contribution in [0.15, 0.2) is 36.5 Å². The van der Waals surface area contributed by atoms with Crippen molar-refractivity contribution in [3.63, 3.8) is 0 Å². The van der Waals surface area contributed by atoms with E-state index in [1.54, 1.807) is 12.1 Å². The molecule has 0 amide bonds. The minimum atomic E-state index is -0.992. The molecule has 0 saturated carbocycles. The molecule has 0 fully saturated rings. The third-order valence-electron chi connectivity index (χ3n) is 2.12. The van der Waals surface area contributed by atoms with E-state index in [-0.39, 0.29) is 22.2 Å². The van der Waals surface area contributed by atoms with Crippen molar-refractivity contribution in [1.82, 2.24) is 4.98 Å². The molecular formula is C12H8F2N2OS. The molecule has 0 unspecified atom stereocenters. The smallest absolute Gasteiger partial charge is 0.162 e. The summed E-state index contributed by atoms with van der Waals surface area (Å²) in [6, 6.07) is 6.42. The zero-order chi connectivity index (χ0) is 13.1. The van der Waals surface area contributed by atoms with E-state index in [1.165, 1.54) is 12.3 Å². The van der Waals surface area contributed by atoms with Crippen LogP contribution in [0.3, 0.4) is 0 Å². The highest BCUT2D eigenvalue weighted by molar-refractivity contribution is 7.80. The molecule has 3 nitrogen and oxygen atoms in total. The standard InChI is InChI=1S/C12H8F2N2OS/c13-8-4-3-7(6-9(8)14)17-10-2-1-5-16-11(10)12(15)18/h1-6H,(H2,15,18). The summed E-state index contributed by atoms with van der Waals surface area (Å²) in [5, 5.41) is 0. The van der Waals surface area contributed by atoms with Gasteiger partial charge in [0.15, 0.2) is 17.4 Å². The fourth-order valence-corrected chi connectivity index (χ4v) is 1.48. The van der Waals surface area contributed by atoms with Crippen molar-refractivity contribution in [2.75, 3.05) is 0 Å². The summed E-state index contributed by atoms with van der Waals surface area (Å²) < 4.78 is 31.2. The van der Waals surface area contributed by atoms with Gasteiger partial charge in [0.1, 0.15) is 16.4 Å². The summed E-state index contributed by atoms with van der Waals surface area (Å²) in [4.78, 5) is 4.02. The lowest BCUT2D eigenvalue weighted by Crippen LogP contribution is -2.12. The van der Waals surface area contributed by atoms with Crippen molar-refractivity contribution in [1.29, 1.82) is 0 Å². The predicted molar refractivity (Wildman–Crippen MR) is 66.6 cm³/mol. The van der Waals surface area contributed by atoms with E-state index < -0.39 is 11.6 Å². The maximum Gasteiger partial charge on any atom is 0.162 e. The number of ether oxygens (including phenoxy) is 1. The van der Waals surface area contributed by atoms with Crippen LogP contribution in [0.4, 0.5) is 8.78 Å². The molecule has 0 aliphatic heterocycles. The van der Waals surface area contributed by atoms with Crippen LogP contribution in [0.1, 0.15) is 5.69 Å². The van der Waals surface area contributed by atoms with Crippen LogP contribution in [0.5, 0.6) is 11.5 Å².